The molecule has 0 amide bonds. The highest BCUT2D eigenvalue weighted by atomic mass is 79.9. The number of pyridine rings is 1. The third-order valence-electron chi connectivity index (χ3n) is 6.02. The van der Waals surface area contributed by atoms with Crippen molar-refractivity contribution in [1.29, 1.82) is 0 Å². The van der Waals surface area contributed by atoms with Crippen LogP contribution in [0.4, 0.5) is 0 Å². The summed E-state index contributed by atoms with van der Waals surface area (Å²) in [5, 5.41) is 4.44. The average Bonchev–Trinajstić information content (AvgIpc) is 3.48. The van der Waals surface area contributed by atoms with Gasteiger partial charge in [-0.05, 0) is 67.5 Å². The first kappa shape index (κ1) is 18.8. The predicted octanol–water partition coefficient (Wildman–Crippen LogP) is 5.55. The fourth-order valence-corrected chi connectivity index (χ4v) is 5.53. The summed E-state index contributed by atoms with van der Waals surface area (Å²) in [7, 11) is 0. The van der Waals surface area contributed by atoms with Gasteiger partial charge < -0.3 is 14.8 Å². The monoisotopic (exact) mass is 466 g/mol. The number of hydrogen-bond donors (Lipinski definition) is 1. The van der Waals surface area contributed by atoms with Gasteiger partial charge in [0.05, 0.1) is 17.8 Å². The van der Waals surface area contributed by atoms with Crippen LogP contribution in [0.3, 0.4) is 0 Å². The number of halogens is 1. The van der Waals surface area contributed by atoms with Crippen molar-refractivity contribution < 1.29 is 0 Å². The van der Waals surface area contributed by atoms with Crippen LogP contribution < -0.4 is 5.32 Å². The Balaban J connectivity index is 1.62. The standard InChI is InChI=1S/C23H23BrN4S/c24-16-7-5-10-18(15-16)27-14-6-12-20(27)22-21(19-11-3-4-13-25-19)26-23(29)28(22)17-8-1-2-9-17/h3-7,10-15,17,21-22H,1-2,8-9H2,(H,26,29). The summed E-state index contributed by atoms with van der Waals surface area (Å²) in [5.41, 5.74) is 3.41. The number of benzene rings is 1. The van der Waals surface area contributed by atoms with Crippen molar-refractivity contribution in [2.75, 3.05) is 0 Å². The van der Waals surface area contributed by atoms with Crippen molar-refractivity contribution in [3.8, 4) is 5.69 Å². The second-order valence-corrected chi connectivity index (χ2v) is 9.06. The summed E-state index contributed by atoms with van der Waals surface area (Å²) in [6, 6.07) is 19.5. The molecule has 0 radical (unpaired) electrons. The van der Waals surface area contributed by atoms with Crippen molar-refractivity contribution >= 4 is 33.3 Å². The molecule has 5 rings (SSSR count). The van der Waals surface area contributed by atoms with E-state index < -0.39 is 0 Å². The fourth-order valence-electron chi connectivity index (χ4n) is 4.75. The Bertz CT molecular complexity index is 1010. The lowest BCUT2D eigenvalue weighted by Crippen LogP contribution is -2.38. The zero-order chi connectivity index (χ0) is 19.8. The molecule has 1 aliphatic carbocycles. The van der Waals surface area contributed by atoms with Crippen LogP contribution in [0, 0.1) is 0 Å². The Morgan fingerprint density at radius 3 is 2.66 bits per heavy atom. The molecule has 2 unspecified atom stereocenters. The van der Waals surface area contributed by atoms with E-state index in [0.29, 0.717) is 6.04 Å². The molecule has 2 fully saturated rings. The summed E-state index contributed by atoms with van der Waals surface area (Å²) in [5.74, 6) is 0. The minimum absolute atomic E-state index is 0.0325. The summed E-state index contributed by atoms with van der Waals surface area (Å²) in [6.07, 6.45) is 8.95. The quantitative estimate of drug-likeness (QED) is 0.510. The van der Waals surface area contributed by atoms with E-state index in [1.165, 1.54) is 31.4 Å². The van der Waals surface area contributed by atoms with Gasteiger partial charge in [-0.25, -0.2) is 0 Å². The molecule has 1 aliphatic heterocycles. The molecule has 2 atom stereocenters. The summed E-state index contributed by atoms with van der Waals surface area (Å²) >= 11 is 9.47. The van der Waals surface area contributed by atoms with Crippen LogP contribution in [-0.4, -0.2) is 25.6 Å². The first-order valence-corrected chi connectivity index (χ1v) is 11.4. The third-order valence-corrected chi connectivity index (χ3v) is 6.85. The maximum Gasteiger partial charge on any atom is 0.170 e. The molecule has 1 aromatic carbocycles. The lowest BCUT2D eigenvalue weighted by Gasteiger charge is -2.33. The number of hydrogen-bond acceptors (Lipinski definition) is 2. The van der Waals surface area contributed by atoms with Gasteiger partial charge in [0.1, 0.15) is 0 Å². The highest BCUT2D eigenvalue weighted by molar-refractivity contribution is 9.10. The zero-order valence-corrected chi connectivity index (χ0v) is 18.4. The minimum Gasteiger partial charge on any atom is -0.352 e. The first-order valence-electron chi connectivity index (χ1n) is 10.2. The molecule has 1 saturated carbocycles. The van der Waals surface area contributed by atoms with Gasteiger partial charge in [-0.2, -0.15) is 0 Å². The topological polar surface area (TPSA) is 33.1 Å². The van der Waals surface area contributed by atoms with Crippen LogP contribution in [-0.2, 0) is 0 Å². The van der Waals surface area contributed by atoms with Crippen LogP contribution in [0.2, 0.25) is 0 Å². The van der Waals surface area contributed by atoms with Crippen LogP contribution >= 0.6 is 28.1 Å². The third kappa shape index (κ3) is 3.49. The van der Waals surface area contributed by atoms with Crippen LogP contribution in [0.15, 0.2) is 71.5 Å². The zero-order valence-electron chi connectivity index (χ0n) is 16.0. The molecule has 3 heterocycles. The maximum atomic E-state index is 5.86. The smallest absolute Gasteiger partial charge is 0.170 e. The van der Waals surface area contributed by atoms with Crippen LogP contribution in [0.1, 0.15) is 49.2 Å². The second kappa shape index (κ2) is 7.92. The van der Waals surface area contributed by atoms with Gasteiger partial charge in [0, 0.05) is 34.3 Å². The largest absolute Gasteiger partial charge is 0.352 e. The highest BCUT2D eigenvalue weighted by Crippen LogP contribution is 2.43. The minimum atomic E-state index is 0.0325. The van der Waals surface area contributed by atoms with E-state index in [1.807, 2.05) is 12.3 Å². The molecule has 2 aromatic heterocycles. The molecule has 4 nitrogen and oxygen atoms in total. The lowest BCUT2D eigenvalue weighted by atomic mass is 9.99. The molecule has 6 heteroatoms. The van der Waals surface area contributed by atoms with E-state index in [9.17, 15) is 0 Å². The maximum absolute atomic E-state index is 5.86. The Morgan fingerprint density at radius 1 is 1.03 bits per heavy atom. The van der Waals surface area contributed by atoms with Crippen molar-refractivity contribution in [2.24, 2.45) is 0 Å². The summed E-state index contributed by atoms with van der Waals surface area (Å²) in [4.78, 5) is 7.12. The molecule has 0 spiro atoms. The van der Waals surface area contributed by atoms with E-state index in [4.69, 9.17) is 12.2 Å². The normalized spacial score (nSPS) is 22.2. The van der Waals surface area contributed by atoms with Crippen molar-refractivity contribution in [3.05, 3.63) is 82.9 Å². The number of thiocarbonyl (C=S) groups is 1. The number of aromatic nitrogens is 2. The SMILES string of the molecule is S=C1NC(c2ccccn2)C(c2cccn2-c2cccc(Br)c2)N1C1CCCC1. The van der Waals surface area contributed by atoms with Gasteiger partial charge in [-0.1, -0.05) is 40.9 Å². The van der Waals surface area contributed by atoms with Crippen molar-refractivity contribution in [1.82, 2.24) is 19.8 Å². The molecular weight excluding hydrogens is 444 g/mol. The molecule has 1 saturated heterocycles. The van der Waals surface area contributed by atoms with Gasteiger partial charge in [0.15, 0.2) is 5.11 Å². The molecular formula is C23H23BrN4S. The Labute approximate surface area is 185 Å². The number of nitrogens with one attached hydrogen (secondary N) is 1. The second-order valence-electron chi connectivity index (χ2n) is 7.76. The van der Waals surface area contributed by atoms with Crippen molar-refractivity contribution in [2.45, 2.75) is 43.8 Å². The van der Waals surface area contributed by atoms with Crippen LogP contribution in [0.5, 0.6) is 0 Å². The number of rotatable bonds is 4. The summed E-state index contributed by atoms with van der Waals surface area (Å²) < 4.78 is 3.35. The van der Waals surface area contributed by atoms with Gasteiger partial charge >= 0.3 is 0 Å². The number of nitrogens with zero attached hydrogens (tertiary/aromatic N) is 3. The highest BCUT2D eigenvalue weighted by Gasteiger charge is 2.44. The first-order chi connectivity index (χ1) is 14.2. The summed E-state index contributed by atoms with van der Waals surface area (Å²) in [6.45, 7) is 0. The molecule has 29 heavy (non-hydrogen) atoms. The van der Waals surface area contributed by atoms with E-state index in [2.05, 4.69) is 90.4 Å². The predicted molar refractivity (Wildman–Crippen MR) is 123 cm³/mol. The van der Waals surface area contributed by atoms with E-state index in [1.54, 1.807) is 0 Å². The Hall–Kier alpha value is -2.18. The molecule has 148 valence electrons. The van der Waals surface area contributed by atoms with E-state index in [0.717, 1.165) is 21.0 Å². The van der Waals surface area contributed by atoms with Gasteiger partial charge in [-0.15, -0.1) is 0 Å². The average molecular weight is 467 g/mol. The van der Waals surface area contributed by atoms with E-state index >= 15 is 0 Å². The van der Waals surface area contributed by atoms with Crippen LogP contribution in [0.25, 0.3) is 5.69 Å². The molecule has 1 N–H and O–H groups in total. The molecule has 2 aliphatic rings. The fraction of sp³-hybridized carbons (Fsp3) is 0.304. The lowest BCUT2D eigenvalue weighted by molar-refractivity contribution is 0.239. The Morgan fingerprint density at radius 2 is 1.90 bits per heavy atom. The molecule has 3 aromatic rings. The van der Waals surface area contributed by atoms with Gasteiger partial charge in [-0.3, -0.25) is 4.98 Å². The van der Waals surface area contributed by atoms with Gasteiger partial charge in [0.25, 0.3) is 0 Å². The Kier molecular flexibility index (Phi) is 5.14. The van der Waals surface area contributed by atoms with Crippen molar-refractivity contribution in [3.63, 3.8) is 0 Å². The molecule has 0 bridgehead atoms. The van der Waals surface area contributed by atoms with Gasteiger partial charge in [0.2, 0.25) is 0 Å². The van der Waals surface area contributed by atoms with E-state index in [-0.39, 0.29) is 12.1 Å².